The van der Waals surface area contributed by atoms with Crippen molar-refractivity contribution >= 4 is 5.82 Å². The molecule has 0 spiro atoms. The molecule has 1 saturated heterocycles. The van der Waals surface area contributed by atoms with Crippen molar-refractivity contribution in [3.05, 3.63) is 17.6 Å². The van der Waals surface area contributed by atoms with Crippen LogP contribution in [0.5, 0.6) is 0 Å². The van der Waals surface area contributed by atoms with E-state index in [9.17, 15) is 0 Å². The predicted octanol–water partition coefficient (Wildman–Crippen LogP) is 2.92. The second-order valence-electron chi connectivity index (χ2n) is 8.33. The van der Waals surface area contributed by atoms with Gasteiger partial charge in [0.25, 0.3) is 0 Å². The molecule has 0 amide bonds. The van der Waals surface area contributed by atoms with Crippen LogP contribution in [0.25, 0.3) is 0 Å². The second-order valence-corrected chi connectivity index (χ2v) is 8.33. The fraction of sp³-hybridized carbons (Fsp3) is 0.778. The van der Waals surface area contributed by atoms with Gasteiger partial charge in [-0.15, -0.1) is 0 Å². The maximum absolute atomic E-state index is 5.76. The van der Waals surface area contributed by atoms with Crippen LogP contribution in [-0.2, 0) is 20.3 Å². The highest BCUT2D eigenvalue weighted by molar-refractivity contribution is 5.42. The summed E-state index contributed by atoms with van der Waals surface area (Å²) >= 11 is 0. The molecular weight excluding hydrogens is 290 g/mol. The van der Waals surface area contributed by atoms with E-state index in [-0.39, 0.29) is 16.9 Å². The van der Waals surface area contributed by atoms with E-state index >= 15 is 0 Å². The first-order chi connectivity index (χ1) is 10.6. The Morgan fingerprint density at radius 2 is 1.87 bits per heavy atom. The molecule has 23 heavy (non-hydrogen) atoms. The first-order valence-corrected chi connectivity index (χ1v) is 8.37. The molecule has 1 fully saturated rings. The van der Waals surface area contributed by atoms with Crippen molar-refractivity contribution in [2.45, 2.75) is 58.5 Å². The molecule has 0 bridgehead atoms. The molecule has 130 valence electrons. The van der Waals surface area contributed by atoms with Crippen LogP contribution in [0.3, 0.4) is 0 Å². The Kier molecular flexibility index (Phi) is 5.31. The van der Waals surface area contributed by atoms with Crippen LogP contribution in [0.2, 0.25) is 0 Å². The van der Waals surface area contributed by atoms with Crippen LogP contribution in [0.15, 0.2) is 6.07 Å². The van der Waals surface area contributed by atoms with Gasteiger partial charge in [-0.05, 0) is 0 Å². The highest BCUT2D eigenvalue weighted by Crippen LogP contribution is 2.28. The number of methoxy groups -OCH3 is 1. The SMILES string of the molecule is COCC1CN(c2cc(C(C)(C)C)nc(C(C)(C)C)n2)CCO1. The fourth-order valence-electron chi connectivity index (χ4n) is 2.53. The van der Waals surface area contributed by atoms with Crippen molar-refractivity contribution in [2.24, 2.45) is 0 Å². The highest BCUT2D eigenvalue weighted by atomic mass is 16.5. The Morgan fingerprint density at radius 1 is 1.17 bits per heavy atom. The highest BCUT2D eigenvalue weighted by Gasteiger charge is 2.27. The Hall–Kier alpha value is -1.20. The van der Waals surface area contributed by atoms with Crippen molar-refractivity contribution in [3.8, 4) is 0 Å². The molecule has 1 aromatic heterocycles. The number of aromatic nitrogens is 2. The molecule has 1 aromatic rings. The van der Waals surface area contributed by atoms with Gasteiger partial charge in [0, 0.05) is 37.1 Å². The average molecular weight is 321 g/mol. The standard InChI is InChI=1S/C18H31N3O2/c1-17(2,3)14-10-15(20-16(19-14)18(4,5)6)21-8-9-23-13(11-21)12-22-7/h10,13H,8-9,11-12H2,1-7H3. The summed E-state index contributed by atoms with van der Waals surface area (Å²) < 4.78 is 11.0. The molecule has 2 rings (SSSR count). The van der Waals surface area contributed by atoms with E-state index in [2.05, 4.69) is 52.5 Å². The lowest BCUT2D eigenvalue weighted by Crippen LogP contribution is -2.45. The third-order valence-corrected chi connectivity index (χ3v) is 3.97. The summed E-state index contributed by atoms with van der Waals surface area (Å²) in [5.41, 5.74) is 1.01. The maximum atomic E-state index is 5.76. The summed E-state index contributed by atoms with van der Waals surface area (Å²) in [5.74, 6) is 1.90. The molecule has 5 heteroatoms. The number of morpholine rings is 1. The molecule has 5 nitrogen and oxygen atoms in total. The number of ether oxygens (including phenoxy) is 2. The molecule has 2 heterocycles. The smallest absolute Gasteiger partial charge is 0.136 e. The van der Waals surface area contributed by atoms with Crippen molar-refractivity contribution in [1.82, 2.24) is 9.97 Å². The van der Waals surface area contributed by atoms with Gasteiger partial charge in [0.05, 0.1) is 25.0 Å². The van der Waals surface area contributed by atoms with Gasteiger partial charge in [-0.2, -0.15) is 0 Å². The zero-order valence-corrected chi connectivity index (χ0v) is 15.6. The number of hydrogen-bond donors (Lipinski definition) is 0. The van der Waals surface area contributed by atoms with Gasteiger partial charge >= 0.3 is 0 Å². The number of hydrogen-bond acceptors (Lipinski definition) is 5. The Morgan fingerprint density at radius 3 is 2.43 bits per heavy atom. The van der Waals surface area contributed by atoms with Gasteiger partial charge in [0.2, 0.25) is 0 Å². The quantitative estimate of drug-likeness (QED) is 0.856. The van der Waals surface area contributed by atoms with E-state index in [0.29, 0.717) is 13.2 Å². The second kappa shape index (κ2) is 6.73. The Labute approximate surface area is 140 Å². The van der Waals surface area contributed by atoms with Gasteiger partial charge in [-0.1, -0.05) is 41.5 Å². The predicted molar refractivity (Wildman–Crippen MR) is 93.3 cm³/mol. The Balaban J connectivity index is 2.37. The lowest BCUT2D eigenvalue weighted by molar-refractivity contribution is -0.0102. The molecule has 1 aliphatic heterocycles. The summed E-state index contributed by atoms with van der Waals surface area (Å²) in [6, 6.07) is 2.13. The fourth-order valence-corrected chi connectivity index (χ4v) is 2.53. The number of rotatable bonds is 3. The minimum Gasteiger partial charge on any atom is -0.382 e. The minimum absolute atomic E-state index is 0.00406. The van der Waals surface area contributed by atoms with E-state index in [0.717, 1.165) is 30.4 Å². The lowest BCUT2D eigenvalue weighted by atomic mass is 9.90. The van der Waals surface area contributed by atoms with E-state index in [1.807, 2.05) is 0 Å². The van der Waals surface area contributed by atoms with Crippen molar-refractivity contribution in [3.63, 3.8) is 0 Å². The van der Waals surface area contributed by atoms with Crippen LogP contribution in [0, 0.1) is 0 Å². The van der Waals surface area contributed by atoms with Crippen LogP contribution < -0.4 is 4.90 Å². The molecule has 0 aliphatic carbocycles. The normalized spacial score (nSPS) is 20.0. The first kappa shape index (κ1) is 18.1. The van der Waals surface area contributed by atoms with Crippen LogP contribution >= 0.6 is 0 Å². The van der Waals surface area contributed by atoms with Gasteiger partial charge in [0.15, 0.2) is 0 Å². The van der Waals surface area contributed by atoms with Crippen molar-refractivity contribution in [2.75, 3.05) is 38.3 Å². The molecule has 0 aromatic carbocycles. The van der Waals surface area contributed by atoms with Crippen molar-refractivity contribution in [1.29, 1.82) is 0 Å². The van der Waals surface area contributed by atoms with Crippen LogP contribution in [0.1, 0.15) is 53.1 Å². The first-order valence-electron chi connectivity index (χ1n) is 8.37. The van der Waals surface area contributed by atoms with Crippen LogP contribution in [-0.4, -0.2) is 49.5 Å². The topological polar surface area (TPSA) is 47.5 Å². The third-order valence-electron chi connectivity index (χ3n) is 3.97. The van der Waals surface area contributed by atoms with Crippen molar-refractivity contribution < 1.29 is 9.47 Å². The average Bonchev–Trinajstić information content (AvgIpc) is 2.45. The Bertz CT molecular complexity index is 498. The molecule has 1 atom stereocenters. The summed E-state index contributed by atoms with van der Waals surface area (Å²) in [6.45, 7) is 16.0. The zero-order chi connectivity index (χ0) is 17.3. The summed E-state index contributed by atoms with van der Waals surface area (Å²) in [7, 11) is 1.71. The van der Waals surface area contributed by atoms with E-state index in [1.54, 1.807) is 7.11 Å². The maximum Gasteiger partial charge on any atom is 0.136 e. The largest absolute Gasteiger partial charge is 0.382 e. The van der Waals surface area contributed by atoms with Crippen LogP contribution in [0.4, 0.5) is 5.82 Å². The van der Waals surface area contributed by atoms with E-state index in [4.69, 9.17) is 19.4 Å². The molecule has 1 aliphatic rings. The van der Waals surface area contributed by atoms with E-state index in [1.165, 1.54) is 0 Å². The lowest BCUT2D eigenvalue weighted by Gasteiger charge is -2.34. The van der Waals surface area contributed by atoms with Gasteiger partial charge in [-0.25, -0.2) is 9.97 Å². The molecular formula is C18H31N3O2. The number of anilines is 1. The summed E-state index contributed by atoms with van der Waals surface area (Å²) in [6.07, 6.45) is 0.0971. The monoisotopic (exact) mass is 321 g/mol. The molecule has 0 N–H and O–H groups in total. The summed E-state index contributed by atoms with van der Waals surface area (Å²) in [5, 5.41) is 0. The molecule has 0 radical (unpaired) electrons. The number of nitrogens with zero attached hydrogens (tertiary/aromatic N) is 3. The summed E-state index contributed by atoms with van der Waals surface area (Å²) in [4.78, 5) is 12.0. The minimum atomic E-state index is -0.0752. The zero-order valence-electron chi connectivity index (χ0n) is 15.6. The molecule has 1 unspecified atom stereocenters. The van der Waals surface area contributed by atoms with E-state index < -0.39 is 0 Å². The molecule has 0 saturated carbocycles. The third kappa shape index (κ3) is 4.64. The van der Waals surface area contributed by atoms with Gasteiger partial charge < -0.3 is 14.4 Å². The van der Waals surface area contributed by atoms with Gasteiger partial charge in [-0.3, -0.25) is 0 Å². The van der Waals surface area contributed by atoms with Gasteiger partial charge in [0.1, 0.15) is 11.6 Å².